The van der Waals surface area contributed by atoms with Crippen molar-refractivity contribution in [3.63, 3.8) is 0 Å². The van der Waals surface area contributed by atoms with E-state index in [1.54, 1.807) is 6.92 Å². The zero-order valence-corrected chi connectivity index (χ0v) is 9.31. The predicted octanol–water partition coefficient (Wildman–Crippen LogP) is 1.34. The molecule has 1 aromatic rings. The predicted molar refractivity (Wildman–Crippen MR) is 57.1 cm³/mol. The third kappa shape index (κ3) is 2.05. The van der Waals surface area contributed by atoms with Crippen molar-refractivity contribution in [3.05, 3.63) is 28.0 Å². The van der Waals surface area contributed by atoms with E-state index in [-0.39, 0.29) is 16.8 Å². The van der Waals surface area contributed by atoms with Crippen LogP contribution in [-0.2, 0) is 5.54 Å². The molecule has 14 heavy (non-hydrogen) atoms. The highest BCUT2D eigenvalue weighted by atomic mass is 79.9. The Kier molecular flexibility index (Phi) is 3.14. The molecule has 1 aromatic carbocycles. The summed E-state index contributed by atoms with van der Waals surface area (Å²) in [7, 11) is 0. The van der Waals surface area contributed by atoms with Crippen LogP contribution in [0.1, 0.15) is 12.5 Å². The molecule has 0 aromatic heterocycles. The van der Waals surface area contributed by atoms with E-state index in [0.29, 0.717) is 5.56 Å². The van der Waals surface area contributed by atoms with Gasteiger partial charge < -0.3 is 16.6 Å². The van der Waals surface area contributed by atoms with Crippen molar-refractivity contribution in [2.45, 2.75) is 12.5 Å². The summed E-state index contributed by atoms with van der Waals surface area (Å²) in [5.41, 5.74) is 11.2. The molecule has 3 nitrogen and oxygen atoms in total. The standard InChI is InChI=1S/C9H12BrFN2O/c1-9(13,4-14)5-2-6(10)7(11)3-8(5)12/h2-3,14H,4,12-13H2,1H3/t9-/m0/s1. The lowest BCUT2D eigenvalue weighted by Crippen LogP contribution is -2.37. The largest absolute Gasteiger partial charge is 0.398 e. The third-order valence-electron chi connectivity index (χ3n) is 2.04. The van der Waals surface area contributed by atoms with E-state index >= 15 is 0 Å². The van der Waals surface area contributed by atoms with Gasteiger partial charge in [-0.2, -0.15) is 0 Å². The van der Waals surface area contributed by atoms with E-state index < -0.39 is 11.4 Å². The summed E-state index contributed by atoms with van der Waals surface area (Å²) in [5, 5.41) is 9.04. The van der Waals surface area contributed by atoms with Crippen molar-refractivity contribution in [2.24, 2.45) is 5.73 Å². The minimum Gasteiger partial charge on any atom is -0.398 e. The SMILES string of the molecule is C[C@](N)(CO)c1cc(Br)c(F)cc1N. The van der Waals surface area contributed by atoms with Crippen molar-refractivity contribution < 1.29 is 9.50 Å². The lowest BCUT2D eigenvalue weighted by Gasteiger charge is -2.24. The summed E-state index contributed by atoms with van der Waals surface area (Å²) in [5.74, 6) is -0.444. The third-order valence-corrected chi connectivity index (χ3v) is 2.64. The van der Waals surface area contributed by atoms with Crippen LogP contribution in [0.15, 0.2) is 16.6 Å². The molecule has 0 aliphatic carbocycles. The lowest BCUT2D eigenvalue weighted by molar-refractivity contribution is 0.210. The fourth-order valence-electron chi connectivity index (χ4n) is 1.14. The maximum atomic E-state index is 13.0. The van der Waals surface area contributed by atoms with Crippen molar-refractivity contribution in [1.29, 1.82) is 0 Å². The first kappa shape index (κ1) is 11.4. The average molecular weight is 263 g/mol. The minimum absolute atomic E-state index is 0.241. The Balaban J connectivity index is 3.29. The topological polar surface area (TPSA) is 72.3 Å². The quantitative estimate of drug-likeness (QED) is 0.705. The summed E-state index contributed by atoms with van der Waals surface area (Å²) < 4.78 is 13.3. The van der Waals surface area contributed by atoms with Gasteiger partial charge in [-0.25, -0.2) is 4.39 Å². The summed E-state index contributed by atoms with van der Waals surface area (Å²) in [6.45, 7) is 1.37. The highest BCUT2D eigenvalue weighted by Gasteiger charge is 2.23. The first-order chi connectivity index (χ1) is 6.38. The molecule has 5 N–H and O–H groups in total. The highest BCUT2D eigenvalue weighted by Crippen LogP contribution is 2.29. The van der Waals surface area contributed by atoms with Gasteiger partial charge in [0.15, 0.2) is 0 Å². The van der Waals surface area contributed by atoms with Crippen molar-refractivity contribution in [2.75, 3.05) is 12.3 Å². The van der Waals surface area contributed by atoms with Gasteiger partial charge in [0, 0.05) is 5.69 Å². The molecular formula is C9H12BrFN2O. The normalized spacial score (nSPS) is 15.2. The van der Waals surface area contributed by atoms with Crippen LogP contribution in [0.2, 0.25) is 0 Å². The Hall–Kier alpha value is -0.650. The molecule has 0 unspecified atom stereocenters. The van der Waals surface area contributed by atoms with Gasteiger partial charge in [-0.05, 0) is 40.5 Å². The molecule has 0 saturated heterocycles. The molecule has 0 fully saturated rings. The monoisotopic (exact) mass is 262 g/mol. The van der Waals surface area contributed by atoms with Gasteiger partial charge in [0.2, 0.25) is 0 Å². The second kappa shape index (κ2) is 3.84. The van der Waals surface area contributed by atoms with E-state index in [4.69, 9.17) is 16.6 Å². The molecule has 0 spiro atoms. The maximum absolute atomic E-state index is 13.0. The second-order valence-corrected chi connectivity index (χ2v) is 4.28. The van der Waals surface area contributed by atoms with Crippen LogP contribution in [-0.4, -0.2) is 11.7 Å². The van der Waals surface area contributed by atoms with Crippen LogP contribution in [0.5, 0.6) is 0 Å². The number of anilines is 1. The summed E-state index contributed by atoms with van der Waals surface area (Å²) in [6.07, 6.45) is 0. The molecule has 1 atom stereocenters. The Bertz CT molecular complexity index is 355. The Morgan fingerprint density at radius 3 is 2.64 bits per heavy atom. The van der Waals surface area contributed by atoms with Crippen LogP contribution >= 0.6 is 15.9 Å². The molecule has 0 amide bonds. The zero-order valence-electron chi connectivity index (χ0n) is 7.72. The number of benzene rings is 1. The molecule has 1 rings (SSSR count). The molecule has 0 aliphatic rings. The Labute approximate surface area is 90.0 Å². The van der Waals surface area contributed by atoms with Gasteiger partial charge in [-0.15, -0.1) is 0 Å². The van der Waals surface area contributed by atoms with Crippen LogP contribution in [0.3, 0.4) is 0 Å². The maximum Gasteiger partial charge on any atom is 0.139 e. The summed E-state index contributed by atoms with van der Waals surface area (Å²) >= 11 is 3.03. The molecule has 0 bridgehead atoms. The molecule has 0 radical (unpaired) electrons. The first-order valence-electron chi connectivity index (χ1n) is 4.03. The van der Waals surface area contributed by atoms with Crippen LogP contribution in [0.25, 0.3) is 0 Å². The van der Waals surface area contributed by atoms with Gasteiger partial charge in [0.05, 0.1) is 16.6 Å². The van der Waals surface area contributed by atoms with Gasteiger partial charge in [-0.3, -0.25) is 0 Å². The van der Waals surface area contributed by atoms with E-state index in [2.05, 4.69) is 15.9 Å². The molecule has 5 heteroatoms. The van der Waals surface area contributed by atoms with E-state index in [9.17, 15) is 4.39 Å². The highest BCUT2D eigenvalue weighted by molar-refractivity contribution is 9.10. The van der Waals surface area contributed by atoms with Crippen LogP contribution < -0.4 is 11.5 Å². The second-order valence-electron chi connectivity index (χ2n) is 3.43. The molecule has 0 aliphatic heterocycles. The van der Waals surface area contributed by atoms with E-state index in [1.807, 2.05) is 0 Å². The van der Waals surface area contributed by atoms with Crippen molar-refractivity contribution in [3.8, 4) is 0 Å². The van der Waals surface area contributed by atoms with E-state index in [1.165, 1.54) is 12.1 Å². The van der Waals surface area contributed by atoms with Gasteiger partial charge in [0.25, 0.3) is 0 Å². The molecule has 0 heterocycles. The Morgan fingerprint density at radius 2 is 2.14 bits per heavy atom. The fraction of sp³-hybridized carbons (Fsp3) is 0.333. The lowest BCUT2D eigenvalue weighted by atomic mass is 9.93. The van der Waals surface area contributed by atoms with Gasteiger partial charge >= 0.3 is 0 Å². The number of nitrogens with two attached hydrogens (primary N) is 2. The van der Waals surface area contributed by atoms with Gasteiger partial charge in [0.1, 0.15) is 5.82 Å². The molecule has 0 saturated carbocycles. The summed E-state index contributed by atoms with van der Waals surface area (Å²) in [4.78, 5) is 0. The van der Waals surface area contributed by atoms with Gasteiger partial charge in [-0.1, -0.05) is 0 Å². The molecular weight excluding hydrogens is 251 g/mol. The van der Waals surface area contributed by atoms with E-state index in [0.717, 1.165) is 0 Å². The first-order valence-corrected chi connectivity index (χ1v) is 4.82. The molecule has 78 valence electrons. The van der Waals surface area contributed by atoms with Crippen LogP contribution in [0, 0.1) is 5.82 Å². The number of halogens is 2. The average Bonchev–Trinajstić information content (AvgIpc) is 2.11. The number of hydrogen-bond acceptors (Lipinski definition) is 3. The minimum atomic E-state index is -0.958. The number of nitrogen functional groups attached to an aromatic ring is 1. The summed E-state index contributed by atoms with van der Waals surface area (Å²) in [6, 6.07) is 2.67. The number of hydrogen-bond donors (Lipinski definition) is 3. The smallest absolute Gasteiger partial charge is 0.139 e. The van der Waals surface area contributed by atoms with Crippen molar-refractivity contribution >= 4 is 21.6 Å². The van der Waals surface area contributed by atoms with Crippen LogP contribution in [0.4, 0.5) is 10.1 Å². The van der Waals surface area contributed by atoms with Crippen molar-refractivity contribution in [1.82, 2.24) is 0 Å². The number of aliphatic hydroxyl groups is 1. The number of rotatable bonds is 2. The Morgan fingerprint density at radius 1 is 1.57 bits per heavy atom. The zero-order chi connectivity index (χ0) is 10.9. The fourth-order valence-corrected chi connectivity index (χ4v) is 1.49. The number of aliphatic hydroxyl groups excluding tert-OH is 1.